The molecule has 7 nitrogen and oxygen atoms in total. The third kappa shape index (κ3) is 4.42. The normalized spacial score (nSPS) is 16.5. The van der Waals surface area contributed by atoms with E-state index < -0.39 is 5.91 Å². The summed E-state index contributed by atoms with van der Waals surface area (Å²) in [4.78, 5) is 17.0. The maximum Gasteiger partial charge on any atom is 0.283 e. The second-order valence-electron chi connectivity index (χ2n) is 8.26. The van der Waals surface area contributed by atoms with Crippen molar-refractivity contribution in [1.29, 1.82) is 5.41 Å². The number of rotatable bonds is 5. The molecule has 0 bridgehead atoms. The third-order valence-electron chi connectivity index (χ3n) is 5.68. The lowest BCUT2D eigenvalue weighted by molar-refractivity contribution is -0.114. The molecule has 2 aliphatic rings. The molecule has 2 aliphatic heterocycles. The zero-order valence-corrected chi connectivity index (χ0v) is 20.2. The van der Waals surface area contributed by atoms with Gasteiger partial charge in [0.15, 0.2) is 5.84 Å². The largest absolute Gasteiger partial charge is 0.487 e. The van der Waals surface area contributed by atoms with Gasteiger partial charge in [0, 0.05) is 17.1 Å². The molecule has 3 aromatic rings. The first kappa shape index (κ1) is 22.8. The summed E-state index contributed by atoms with van der Waals surface area (Å²) < 4.78 is 21.5. The van der Waals surface area contributed by atoms with Crippen molar-refractivity contribution in [3.05, 3.63) is 88.5 Å². The van der Waals surface area contributed by atoms with Crippen LogP contribution >= 0.6 is 11.8 Å². The van der Waals surface area contributed by atoms with E-state index in [0.29, 0.717) is 15.9 Å². The molecule has 0 aliphatic carbocycles. The Hall–Kier alpha value is -3.98. The van der Waals surface area contributed by atoms with E-state index in [-0.39, 0.29) is 23.8 Å². The van der Waals surface area contributed by atoms with Crippen molar-refractivity contribution in [2.45, 2.75) is 20.8 Å². The highest BCUT2D eigenvalue weighted by atomic mass is 32.2. The van der Waals surface area contributed by atoms with E-state index in [1.54, 1.807) is 12.1 Å². The quantitative estimate of drug-likeness (QED) is 0.499. The zero-order chi connectivity index (χ0) is 24.7. The lowest BCUT2D eigenvalue weighted by Gasteiger charge is -2.20. The summed E-state index contributed by atoms with van der Waals surface area (Å²) in [5.41, 5.74) is 4.36. The first-order valence-corrected chi connectivity index (χ1v) is 11.8. The molecule has 0 atom stereocenters. The van der Waals surface area contributed by atoms with Gasteiger partial charge >= 0.3 is 0 Å². The van der Waals surface area contributed by atoms with Gasteiger partial charge in [-0.2, -0.15) is 15.1 Å². The Morgan fingerprint density at radius 3 is 2.69 bits per heavy atom. The summed E-state index contributed by atoms with van der Waals surface area (Å²) >= 11 is 1.21. The zero-order valence-electron chi connectivity index (χ0n) is 19.4. The number of aryl methyl sites for hydroxylation is 2. The molecule has 5 rings (SSSR count). The Bertz CT molecular complexity index is 1470. The van der Waals surface area contributed by atoms with Gasteiger partial charge in [-0.25, -0.2) is 4.39 Å². The smallest absolute Gasteiger partial charge is 0.283 e. The molecule has 9 heteroatoms. The molecule has 3 heterocycles. The number of carbonyl (C=O) groups excluding carboxylic acids is 1. The molecule has 1 N–H and O–H groups in total. The van der Waals surface area contributed by atoms with Crippen molar-refractivity contribution < 1.29 is 13.9 Å². The molecular weight excluding hydrogens is 465 g/mol. The molecular formula is C26H22FN5O2S. The van der Waals surface area contributed by atoms with Crippen molar-refractivity contribution >= 4 is 39.8 Å². The number of ether oxygens (including phenoxy) is 1. The number of fused-ring (bicyclic) bond motifs is 1. The van der Waals surface area contributed by atoms with Crippen LogP contribution < -0.4 is 4.74 Å². The van der Waals surface area contributed by atoms with Gasteiger partial charge in [0.1, 0.15) is 23.2 Å². The minimum atomic E-state index is -0.500. The Morgan fingerprint density at radius 2 is 1.91 bits per heavy atom. The Labute approximate surface area is 206 Å². The van der Waals surface area contributed by atoms with Crippen LogP contribution in [-0.2, 0) is 4.79 Å². The number of amides is 1. The molecule has 0 saturated heterocycles. The number of hydrogen-bond donors (Lipinski definition) is 1. The average molecular weight is 488 g/mol. The van der Waals surface area contributed by atoms with Gasteiger partial charge < -0.3 is 9.30 Å². The first-order valence-electron chi connectivity index (χ1n) is 10.9. The number of amidine groups is 2. The number of hydrogen-bond acceptors (Lipinski definition) is 5. The van der Waals surface area contributed by atoms with Crippen LogP contribution in [0.1, 0.15) is 22.5 Å². The van der Waals surface area contributed by atoms with Crippen LogP contribution in [0.15, 0.2) is 70.3 Å². The molecule has 35 heavy (non-hydrogen) atoms. The second-order valence-corrected chi connectivity index (χ2v) is 9.30. The van der Waals surface area contributed by atoms with Gasteiger partial charge in [0.25, 0.3) is 5.91 Å². The number of aliphatic imine (C=N–C) groups is 1. The summed E-state index contributed by atoms with van der Waals surface area (Å²) in [7, 11) is 0. The molecule has 2 aromatic carbocycles. The maximum absolute atomic E-state index is 13.8. The highest BCUT2D eigenvalue weighted by Crippen LogP contribution is 2.30. The molecule has 0 unspecified atom stereocenters. The standard InChI is InChI=1S/C26H22FN5O2S/c1-15-6-4-9-21(10-15)34-14-23-30-32-24(28)22(25(33)29-26(32)35-23)12-18-11-16(2)31(17(18)3)20-8-5-7-19(27)13-20/h4-13,28H,14H2,1-3H3. The van der Waals surface area contributed by atoms with E-state index in [4.69, 9.17) is 10.1 Å². The van der Waals surface area contributed by atoms with E-state index in [1.165, 1.54) is 28.9 Å². The van der Waals surface area contributed by atoms with Crippen LogP contribution in [0.25, 0.3) is 11.8 Å². The lowest BCUT2D eigenvalue weighted by Crippen LogP contribution is -2.35. The van der Waals surface area contributed by atoms with Gasteiger partial charge in [0.2, 0.25) is 5.17 Å². The average Bonchev–Trinajstić information content (AvgIpc) is 3.35. The van der Waals surface area contributed by atoms with Gasteiger partial charge in [-0.15, -0.1) is 0 Å². The van der Waals surface area contributed by atoms with Crippen LogP contribution in [0.5, 0.6) is 5.75 Å². The molecule has 0 spiro atoms. The van der Waals surface area contributed by atoms with E-state index in [1.807, 2.05) is 61.7 Å². The number of nitrogens with one attached hydrogen (secondary N) is 1. The summed E-state index contributed by atoms with van der Waals surface area (Å²) in [5.74, 6) is -0.151. The SMILES string of the molecule is Cc1cccc(OCC2=NN3C(=N)C(=Cc4cc(C)n(-c5cccc(F)c5)c4C)C(=O)N=C3S2)c1. The fourth-order valence-corrected chi connectivity index (χ4v) is 4.84. The van der Waals surface area contributed by atoms with Crippen molar-refractivity contribution in [2.24, 2.45) is 10.1 Å². The topological polar surface area (TPSA) is 83.0 Å². The first-order chi connectivity index (χ1) is 16.8. The van der Waals surface area contributed by atoms with Crippen molar-refractivity contribution in [3.63, 3.8) is 0 Å². The highest BCUT2D eigenvalue weighted by molar-refractivity contribution is 8.27. The third-order valence-corrected chi connectivity index (χ3v) is 6.57. The van der Waals surface area contributed by atoms with Gasteiger partial charge in [-0.1, -0.05) is 18.2 Å². The van der Waals surface area contributed by atoms with Crippen molar-refractivity contribution in [1.82, 2.24) is 9.58 Å². The van der Waals surface area contributed by atoms with Gasteiger partial charge in [0.05, 0.1) is 5.57 Å². The van der Waals surface area contributed by atoms with Gasteiger partial charge in [-0.3, -0.25) is 10.2 Å². The van der Waals surface area contributed by atoms with Crippen LogP contribution in [0, 0.1) is 32.0 Å². The van der Waals surface area contributed by atoms with E-state index >= 15 is 0 Å². The number of nitrogens with zero attached hydrogens (tertiary/aromatic N) is 4. The molecule has 0 saturated carbocycles. The Kier molecular flexibility index (Phi) is 5.86. The molecule has 1 amide bonds. The Morgan fingerprint density at radius 1 is 1.11 bits per heavy atom. The summed E-state index contributed by atoms with van der Waals surface area (Å²) in [6.45, 7) is 5.99. The monoisotopic (exact) mass is 487 g/mol. The highest BCUT2D eigenvalue weighted by Gasteiger charge is 2.36. The van der Waals surface area contributed by atoms with Crippen molar-refractivity contribution in [3.8, 4) is 11.4 Å². The summed E-state index contributed by atoms with van der Waals surface area (Å²) in [6, 6.07) is 15.9. The fraction of sp³-hybridized carbons (Fsp3) is 0.154. The van der Waals surface area contributed by atoms with E-state index in [2.05, 4.69) is 10.1 Å². The Balaban J connectivity index is 1.40. The number of carbonyl (C=O) groups is 1. The molecule has 0 fully saturated rings. The second kappa shape index (κ2) is 8.99. The predicted octanol–water partition coefficient (Wildman–Crippen LogP) is 5.24. The molecule has 0 radical (unpaired) electrons. The number of benzene rings is 2. The minimum Gasteiger partial charge on any atom is -0.487 e. The van der Waals surface area contributed by atoms with Gasteiger partial charge in [-0.05, 0) is 86.1 Å². The molecule has 1 aromatic heterocycles. The number of thioether (sulfide) groups is 1. The van der Waals surface area contributed by atoms with Crippen molar-refractivity contribution in [2.75, 3.05) is 6.61 Å². The van der Waals surface area contributed by atoms with Crippen LogP contribution in [0.3, 0.4) is 0 Å². The summed E-state index contributed by atoms with van der Waals surface area (Å²) in [5, 5.41) is 15.4. The number of hydrazone groups is 1. The number of halogens is 1. The minimum absolute atomic E-state index is 0.0476. The van der Waals surface area contributed by atoms with Crippen LogP contribution in [0.2, 0.25) is 0 Å². The fourth-order valence-electron chi connectivity index (χ4n) is 4.04. The summed E-state index contributed by atoms with van der Waals surface area (Å²) in [6.07, 6.45) is 1.64. The maximum atomic E-state index is 13.8. The predicted molar refractivity (Wildman–Crippen MR) is 137 cm³/mol. The molecule has 176 valence electrons. The van der Waals surface area contributed by atoms with E-state index in [9.17, 15) is 9.18 Å². The number of aromatic nitrogens is 1. The lowest BCUT2D eigenvalue weighted by atomic mass is 10.1. The van der Waals surface area contributed by atoms with Crippen LogP contribution in [-0.4, -0.2) is 38.1 Å². The van der Waals surface area contributed by atoms with Crippen LogP contribution in [0.4, 0.5) is 4.39 Å². The van der Waals surface area contributed by atoms with E-state index in [0.717, 1.165) is 28.3 Å².